The van der Waals surface area contributed by atoms with Crippen molar-refractivity contribution in [2.24, 2.45) is 5.92 Å². The summed E-state index contributed by atoms with van der Waals surface area (Å²) in [7, 11) is 3.16. The zero-order valence-electron chi connectivity index (χ0n) is 27.4. The molecule has 5 rings (SSSR count). The molecule has 0 aliphatic heterocycles. The van der Waals surface area contributed by atoms with E-state index in [0.29, 0.717) is 34.1 Å². The van der Waals surface area contributed by atoms with Crippen LogP contribution in [0.1, 0.15) is 23.0 Å². The second-order valence-electron chi connectivity index (χ2n) is 10.8. The maximum Gasteiger partial charge on any atom is 0.414 e. The summed E-state index contributed by atoms with van der Waals surface area (Å²) >= 11 is 0. The van der Waals surface area contributed by atoms with E-state index in [1.54, 1.807) is 81.3 Å². The van der Waals surface area contributed by atoms with E-state index in [0.717, 1.165) is 5.39 Å². The van der Waals surface area contributed by atoms with Crippen molar-refractivity contribution >= 4 is 40.5 Å². The number of benzene rings is 2. The van der Waals surface area contributed by atoms with E-state index < -0.39 is 41.3 Å². The van der Waals surface area contributed by atoms with E-state index in [4.69, 9.17) is 29.3 Å². The van der Waals surface area contributed by atoms with Crippen LogP contribution in [0.5, 0.6) is 17.2 Å². The molecule has 3 heterocycles. The smallest absolute Gasteiger partial charge is 0.414 e. The normalized spacial score (nSPS) is 11.8. The van der Waals surface area contributed by atoms with Gasteiger partial charge in [-0.15, -0.1) is 0 Å². The summed E-state index contributed by atoms with van der Waals surface area (Å²) < 4.78 is 14.3. The van der Waals surface area contributed by atoms with Crippen molar-refractivity contribution < 1.29 is 44.0 Å². The van der Waals surface area contributed by atoms with Crippen LogP contribution in [-0.2, 0) is 20.9 Å². The minimum Gasteiger partial charge on any atom is -0.497 e. The van der Waals surface area contributed by atoms with Crippen molar-refractivity contribution in [1.29, 1.82) is 0 Å². The SMILES string of the molecule is CNC(C(=O)O)C(C)Cn1c(C)c(C(=O)Nc2ccc(Oc3ccnc4cc(OC)ccc34)cn2)c(=O)n1-c1ccccc1.O=C(O)C(=O)O. The summed E-state index contributed by atoms with van der Waals surface area (Å²) in [6, 6.07) is 18.5. The van der Waals surface area contributed by atoms with E-state index in [9.17, 15) is 19.5 Å². The molecule has 2 aromatic carbocycles. The summed E-state index contributed by atoms with van der Waals surface area (Å²) in [6.45, 7) is 3.60. The van der Waals surface area contributed by atoms with Crippen molar-refractivity contribution in [2.75, 3.05) is 19.5 Å². The molecule has 0 saturated carbocycles. The number of likely N-dealkylation sites (N-methyl/N-ethyl adjacent to an activating group) is 1. The van der Waals surface area contributed by atoms with Gasteiger partial charge in [-0.25, -0.2) is 19.3 Å². The van der Waals surface area contributed by atoms with Crippen LogP contribution in [0.2, 0.25) is 0 Å². The quantitative estimate of drug-likeness (QED) is 0.126. The first-order valence-electron chi connectivity index (χ1n) is 15.0. The first kappa shape index (κ1) is 36.3. The molecule has 5 aromatic rings. The Labute approximate surface area is 284 Å². The maximum atomic E-state index is 13.7. The topological polar surface area (TPSA) is 224 Å². The lowest BCUT2D eigenvalue weighted by atomic mass is 10.0. The standard InChI is InChI=1S/C32H32N6O6.C2H2O4/c1-19(29(33-3)32(41)42)18-37-20(2)28(31(40)38(37)21-8-6-5-7-9-21)30(39)36-27-13-11-23(17-35-27)44-26-14-15-34-25-16-22(43-4)10-12-24(25)26;3-1(4)2(5)6/h5-17,19,29,33H,18H2,1-4H3,(H,41,42)(H,35,36,39);(H,3,4)(H,5,6). The van der Waals surface area contributed by atoms with E-state index in [-0.39, 0.29) is 17.9 Å². The Morgan fingerprint density at radius 1 is 0.920 bits per heavy atom. The van der Waals surface area contributed by atoms with Gasteiger partial charge in [0.25, 0.3) is 11.5 Å². The highest BCUT2D eigenvalue weighted by molar-refractivity contribution is 6.27. The van der Waals surface area contributed by atoms with Crippen molar-refractivity contribution in [3.05, 3.63) is 101 Å². The molecule has 16 nitrogen and oxygen atoms in total. The number of fused-ring (bicyclic) bond motifs is 1. The van der Waals surface area contributed by atoms with Crippen LogP contribution in [0.3, 0.4) is 0 Å². The monoisotopic (exact) mass is 686 g/mol. The zero-order valence-corrected chi connectivity index (χ0v) is 27.4. The highest BCUT2D eigenvalue weighted by Crippen LogP contribution is 2.31. The first-order valence-corrected chi connectivity index (χ1v) is 15.0. The van der Waals surface area contributed by atoms with E-state index in [2.05, 4.69) is 20.6 Å². The molecule has 3 aromatic heterocycles. The van der Waals surface area contributed by atoms with Gasteiger partial charge in [0, 0.05) is 30.1 Å². The van der Waals surface area contributed by atoms with Gasteiger partial charge >= 0.3 is 17.9 Å². The summed E-state index contributed by atoms with van der Waals surface area (Å²) in [4.78, 5) is 65.8. The van der Waals surface area contributed by atoms with Gasteiger partial charge in [0.2, 0.25) is 0 Å². The van der Waals surface area contributed by atoms with Gasteiger partial charge in [-0.2, -0.15) is 0 Å². The molecule has 0 saturated heterocycles. The summed E-state index contributed by atoms with van der Waals surface area (Å²) in [5, 5.41) is 30.7. The number of hydrogen-bond acceptors (Lipinski definition) is 10. The molecule has 0 bridgehead atoms. The average Bonchev–Trinajstić information content (AvgIpc) is 3.34. The largest absolute Gasteiger partial charge is 0.497 e. The van der Waals surface area contributed by atoms with E-state index in [1.807, 2.05) is 24.3 Å². The van der Waals surface area contributed by atoms with Crippen LogP contribution in [-0.4, -0.2) is 78.7 Å². The molecule has 16 heteroatoms. The fourth-order valence-electron chi connectivity index (χ4n) is 5.12. The Bertz CT molecular complexity index is 2060. The zero-order chi connectivity index (χ0) is 36.5. The number of carboxylic acids is 3. The van der Waals surface area contributed by atoms with Crippen molar-refractivity contribution in [1.82, 2.24) is 24.6 Å². The summed E-state index contributed by atoms with van der Waals surface area (Å²) in [5.74, 6) is -3.79. The fraction of sp³-hybridized carbons (Fsp3) is 0.206. The first-order chi connectivity index (χ1) is 23.9. The lowest BCUT2D eigenvalue weighted by molar-refractivity contribution is -0.159. The van der Waals surface area contributed by atoms with Crippen LogP contribution in [0, 0.1) is 12.8 Å². The number of aliphatic carboxylic acids is 3. The van der Waals surface area contributed by atoms with Gasteiger partial charge in [0.05, 0.1) is 30.2 Å². The number of nitrogens with one attached hydrogen (secondary N) is 2. The minimum atomic E-state index is -1.82. The molecule has 2 atom stereocenters. The maximum absolute atomic E-state index is 13.7. The number of anilines is 1. The third kappa shape index (κ3) is 8.29. The van der Waals surface area contributed by atoms with Crippen molar-refractivity contribution in [2.45, 2.75) is 26.4 Å². The number of methoxy groups -OCH3 is 1. The molecule has 2 unspecified atom stereocenters. The Hall–Kier alpha value is -6.55. The molecule has 0 spiro atoms. The van der Waals surface area contributed by atoms with Crippen LogP contribution >= 0.6 is 0 Å². The lowest BCUT2D eigenvalue weighted by Crippen LogP contribution is -2.42. The number of amides is 1. The Morgan fingerprint density at radius 2 is 1.60 bits per heavy atom. The number of carbonyl (C=O) groups excluding carboxylic acids is 1. The van der Waals surface area contributed by atoms with Gasteiger partial charge in [0.15, 0.2) is 0 Å². The Kier molecular flexibility index (Phi) is 11.6. The van der Waals surface area contributed by atoms with Crippen LogP contribution in [0.25, 0.3) is 16.6 Å². The molecule has 0 radical (unpaired) electrons. The second kappa shape index (κ2) is 16.0. The fourth-order valence-corrected chi connectivity index (χ4v) is 5.12. The number of rotatable bonds is 11. The molecule has 0 aliphatic carbocycles. The molecule has 1 amide bonds. The van der Waals surface area contributed by atoms with Gasteiger partial charge in [0.1, 0.15) is 34.7 Å². The second-order valence-corrected chi connectivity index (χ2v) is 10.8. The number of hydrogen-bond donors (Lipinski definition) is 5. The third-order valence-corrected chi connectivity index (χ3v) is 7.53. The van der Waals surface area contributed by atoms with Gasteiger partial charge in [-0.05, 0) is 56.4 Å². The molecular weight excluding hydrogens is 652 g/mol. The average molecular weight is 687 g/mol. The molecule has 5 N–H and O–H groups in total. The number of carbonyl (C=O) groups is 4. The summed E-state index contributed by atoms with van der Waals surface area (Å²) in [6.07, 6.45) is 3.11. The number of carboxylic acid groups (broad SMARTS) is 3. The summed E-state index contributed by atoms with van der Waals surface area (Å²) in [5.41, 5.74) is 1.05. The highest BCUT2D eigenvalue weighted by atomic mass is 16.5. The molecule has 50 heavy (non-hydrogen) atoms. The van der Waals surface area contributed by atoms with E-state index in [1.165, 1.54) is 10.9 Å². The highest BCUT2D eigenvalue weighted by Gasteiger charge is 2.28. The lowest BCUT2D eigenvalue weighted by Gasteiger charge is -2.23. The predicted molar refractivity (Wildman–Crippen MR) is 180 cm³/mol. The Morgan fingerprint density at radius 3 is 2.18 bits per heavy atom. The number of pyridine rings is 2. The number of ether oxygens (including phenoxy) is 2. The molecular formula is C34H34N6O10. The van der Waals surface area contributed by atoms with Gasteiger partial charge in [-0.1, -0.05) is 25.1 Å². The number of nitrogens with zero attached hydrogens (tertiary/aromatic N) is 4. The van der Waals surface area contributed by atoms with Crippen LogP contribution in [0.4, 0.5) is 5.82 Å². The van der Waals surface area contributed by atoms with Gasteiger partial charge < -0.3 is 35.4 Å². The molecule has 0 fully saturated rings. The van der Waals surface area contributed by atoms with E-state index >= 15 is 0 Å². The van der Waals surface area contributed by atoms with Crippen LogP contribution < -0.4 is 25.7 Å². The minimum absolute atomic E-state index is 0.0711. The third-order valence-electron chi connectivity index (χ3n) is 7.53. The van der Waals surface area contributed by atoms with Gasteiger partial charge in [-0.3, -0.25) is 24.0 Å². The number of aromatic nitrogens is 4. The molecule has 0 aliphatic rings. The Balaban J connectivity index is 0.000000860. The number of para-hydroxylation sites is 1. The van der Waals surface area contributed by atoms with Crippen molar-refractivity contribution in [3.63, 3.8) is 0 Å². The van der Waals surface area contributed by atoms with Crippen LogP contribution in [0.15, 0.2) is 83.9 Å². The molecule has 260 valence electrons. The predicted octanol–water partition coefficient (Wildman–Crippen LogP) is 3.41. The van der Waals surface area contributed by atoms with Crippen molar-refractivity contribution in [3.8, 4) is 22.9 Å².